The molecule has 0 saturated carbocycles. The molecule has 52 valence electrons. The molecule has 0 aromatic rings. The molecule has 1 unspecified atom stereocenters. The van der Waals surface area contributed by atoms with Crippen LogP contribution in [0.25, 0.3) is 0 Å². The smallest absolute Gasteiger partial charge is 0.312 e. The highest BCUT2D eigenvalue weighted by atomic mass is 16.5. The first kappa shape index (κ1) is 6.81. The second-order valence-electron chi connectivity index (χ2n) is 2.14. The van der Waals surface area contributed by atoms with Crippen LogP contribution < -0.4 is 0 Å². The summed E-state index contributed by atoms with van der Waals surface area (Å²) in [5, 5.41) is 8.29. The zero-order valence-corrected chi connectivity index (χ0v) is 5.63. The molecule has 0 N–H and O–H groups in total. The van der Waals surface area contributed by atoms with Crippen LogP contribution in [0.2, 0.25) is 0 Å². The van der Waals surface area contributed by atoms with Crippen molar-refractivity contribution in [1.29, 1.82) is 5.26 Å². The lowest BCUT2D eigenvalue weighted by Crippen LogP contribution is -2.20. The van der Waals surface area contributed by atoms with Crippen molar-refractivity contribution < 1.29 is 9.53 Å². The summed E-state index contributed by atoms with van der Waals surface area (Å²) in [7, 11) is 1.35. The van der Waals surface area contributed by atoms with Gasteiger partial charge in [0.15, 0.2) is 0 Å². The van der Waals surface area contributed by atoms with E-state index in [0.717, 1.165) is 0 Å². The van der Waals surface area contributed by atoms with E-state index in [4.69, 9.17) is 5.26 Å². The van der Waals surface area contributed by atoms with Gasteiger partial charge in [-0.25, -0.2) is 0 Å². The molecule has 0 aliphatic heterocycles. The largest absolute Gasteiger partial charge is 0.469 e. The molecule has 0 spiro atoms. The van der Waals surface area contributed by atoms with Crippen molar-refractivity contribution >= 4 is 5.97 Å². The zero-order valence-electron chi connectivity index (χ0n) is 5.63. The molecule has 1 aliphatic carbocycles. The van der Waals surface area contributed by atoms with Gasteiger partial charge in [-0.2, -0.15) is 5.26 Å². The first-order valence-corrected chi connectivity index (χ1v) is 2.96. The third-order valence-corrected chi connectivity index (χ3v) is 1.49. The summed E-state index contributed by atoms with van der Waals surface area (Å²) in [5.41, 5.74) is 0.676. The normalized spacial score (nSPS) is 22.0. The van der Waals surface area contributed by atoms with Crippen LogP contribution in [0.4, 0.5) is 0 Å². The molecular weight excluding hydrogens is 130 g/mol. The van der Waals surface area contributed by atoms with Crippen LogP contribution >= 0.6 is 0 Å². The van der Waals surface area contributed by atoms with Gasteiger partial charge in [0.2, 0.25) is 0 Å². The third-order valence-electron chi connectivity index (χ3n) is 1.49. The zero-order chi connectivity index (χ0) is 7.56. The molecule has 0 aromatic carbocycles. The topological polar surface area (TPSA) is 50.1 Å². The molecule has 1 atom stereocenters. The summed E-state index contributed by atoms with van der Waals surface area (Å²) in [6, 6.07) is 1.96. The van der Waals surface area contributed by atoms with Crippen molar-refractivity contribution in [3.63, 3.8) is 0 Å². The molecule has 1 rings (SSSR count). The SMILES string of the molecule is COC(=O)C1C=C(C#N)C1. The minimum absolute atomic E-state index is 0.167. The molecule has 1 aliphatic rings. The van der Waals surface area contributed by atoms with Gasteiger partial charge in [-0.05, 0) is 6.42 Å². The Morgan fingerprint density at radius 2 is 2.60 bits per heavy atom. The van der Waals surface area contributed by atoms with E-state index in [1.807, 2.05) is 6.07 Å². The molecule has 0 radical (unpaired) electrons. The summed E-state index contributed by atoms with van der Waals surface area (Å²) in [5.74, 6) is -0.418. The lowest BCUT2D eigenvalue weighted by Gasteiger charge is -2.17. The second kappa shape index (κ2) is 2.53. The van der Waals surface area contributed by atoms with Crippen LogP contribution in [-0.2, 0) is 9.53 Å². The minimum atomic E-state index is -0.251. The number of ether oxygens (including phenoxy) is 1. The number of allylic oxidation sites excluding steroid dienone is 1. The monoisotopic (exact) mass is 137 g/mol. The Hall–Kier alpha value is -1.30. The maximum Gasteiger partial charge on any atom is 0.312 e. The van der Waals surface area contributed by atoms with E-state index >= 15 is 0 Å². The Kier molecular flexibility index (Phi) is 1.72. The van der Waals surface area contributed by atoms with Gasteiger partial charge in [0.05, 0.1) is 19.1 Å². The Morgan fingerprint density at radius 1 is 2.00 bits per heavy atom. The molecule has 0 heterocycles. The lowest BCUT2D eigenvalue weighted by molar-refractivity contribution is -0.144. The highest BCUT2D eigenvalue weighted by molar-refractivity contribution is 5.77. The van der Waals surface area contributed by atoms with Crippen molar-refractivity contribution in [3.05, 3.63) is 11.6 Å². The van der Waals surface area contributed by atoms with E-state index < -0.39 is 0 Å². The standard InChI is InChI=1S/C7H7NO2/c1-10-7(9)6-2-5(3-6)4-8/h2,6H,3H2,1H3. The van der Waals surface area contributed by atoms with Gasteiger partial charge < -0.3 is 4.74 Å². The molecular formula is C7H7NO2. The summed E-state index contributed by atoms with van der Waals surface area (Å²) < 4.78 is 4.45. The number of carbonyl (C=O) groups excluding carboxylic acids is 1. The lowest BCUT2D eigenvalue weighted by atomic mass is 9.87. The summed E-state index contributed by atoms with van der Waals surface area (Å²) >= 11 is 0. The number of nitrogens with zero attached hydrogens (tertiary/aromatic N) is 1. The Bertz CT molecular complexity index is 224. The fourth-order valence-corrected chi connectivity index (χ4v) is 0.832. The number of nitriles is 1. The van der Waals surface area contributed by atoms with Gasteiger partial charge in [-0.1, -0.05) is 6.08 Å². The van der Waals surface area contributed by atoms with Gasteiger partial charge in [-0.3, -0.25) is 4.79 Å². The van der Waals surface area contributed by atoms with E-state index in [-0.39, 0.29) is 11.9 Å². The summed E-state index contributed by atoms with van der Waals surface area (Å²) in [4.78, 5) is 10.7. The van der Waals surface area contributed by atoms with Crippen LogP contribution in [0, 0.1) is 17.2 Å². The van der Waals surface area contributed by atoms with Gasteiger partial charge in [0.1, 0.15) is 0 Å². The first-order valence-electron chi connectivity index (χ1n) is 2.96. The van der Waals surface area contributed by atoms with E-state index in [0.29, 0.717) is 12.0 Å². The summed E-state index contributed by atoms with van der Waals surface area (Å²) in [6.07, 6.45) is 2.18. The first-order chi connectivity index (χ1) is 4.77. The third kappa shape index (κ3) is 1.01. The van der Waals surface area contributed by atoms with E-state index in [9.17, 15) is 4.79 Å². The maximum atomic E-state index is 10.7. The highest BCUT2D eigenvalue weighted by Crippen LogP contribution is 2.25. The average Bonchev–Trinajstić information content (AvgIpc) is 1.85. The number of esters is 1. The van der Waals surface area contributed by atoms with Crippen LogP contribution in [0.5, 0.6) is 0 Å². The van der Waals surface area contributed by atoms with Gasteiger partial charge in [0.25, 0.3) is 0 Å². The number of hydrogen-bond acceptors (Lipinski definition) is 3. The molecule has 10 heavy (non-hydrogen) atoms. The second-order valence-corrected chi connectivity index (χ2v) is 2.14. The van der Waals surface area contributed by atoms with Crippen molar-refractivity contribution in [1.82, 2.24) is 0 Å². The maximum absolute atomic E-state index is 10.7. The molecule has 0 fully saturated rings. The minimum Gasteiger partial charge on any atom is -0.469 e. The van der Waals surface area contributed by atoms with E-state index in [2.05, 4.69) is 4.74 Å². The molecule has 0 bridgehead atoms. The number of carbonyl (C=O) groups is 1. The fraction of sp³-hybridized carbons (Fsp3) is 0.429. The van der Waals surface area contributed by atoms with Gasteiger partial charge in [-0.15, -0.1) is 0 Å². The molecule has 3 heteroatoms. The number of methoxy groups -OCH3 is 1. The number of rotatable bonds is 1. The van der Waals surface area contributed by atoms with E-state index in [1.54, 1.807) is 6.08 Å². The van der Waals surface area contributed by atoms with Crippen molar-refractivity contribution in [2.24, 2.45) is 5.92 Å². The molecule has 0 aromatic heterocycles. The van der Waals surface area contributed by atoms with Crippen LogP contribution in [0.15, 0.2) is 11.6 Å². The highest BCUT2D eigenvalue weighted by Gasteiger charge is 2.26. The average molecular weight is 137 g/mol. The van der Waals surface area contributed by atoms with Crippen LogP contribution in [0.3, 0.4) is 0 Å². The van der Waals surface area contributed by atoms with Gasteiger partial charge >= 0.3 is 5.97 Å². The quantitative estimate of drug-likeness (QED) is 0.498. The predicted molar refractivity (Wildman–Crippen MR) is 33.8 cm³/mol. The number of hydrogen-bond donors (Lipinski definition) is 0. The van der Waals surface area contributed by atoms with Crippen molar-refractivity contribution in [2.75, 3.05) is 7.11 Å². The van der Waals surface area contributed by atoms with Crippen LogP contribution in [-0.4, -0.2) is 13.1 Å². The molecule has 0 amide bonds. The Morgan fingerprint density at radius 3 is 3.00 bits per heavy atom. The van der Waals surface area contributed by atoms with Gasteiger partial charge in [0, 0.05) is 5.57 Å². The fourth-order valence-electron chi connectivity index (χ4n) is 0.832. The van der Waals surface area contributed by atoms with E-state index in [1.165, 1.54) is 7.11 Å². The predicted octanol–water partition coefficient (Wildman–Crippen LogP) is 0.629. The Balaban J connectivity index is 2.48. The molecule has 0 saturated heterocycles. The summed E-state index contributed by atoms with van der Waals surface area (Å²) in [6.45, 7) is 0. The van der Waals surface area contributed by atoms with Crippen molar-refractivity contribution in [2.45, 2.75) is 6.42 Å². The Labute approximate surface area is 58.9 Å². The molecule has 3 nitrogen and oxygen atoms in total. The van der Waals surface area contributed by atoms with Crippen LogP contribution in [0.1, 0.15) is 6.42 Å². The van der Waals surface area contributed by atoms with Crippen molar-refractivity contribution in [3.8, 4) is 6.07 Å².